The number of benzene rings is 2. The molecule has 0 aliphatic heterocycles. The largest absolute Gasteiger partial charge is 0.459 e. The molecule has 0 spiro atoms. The molecule has 2 atom stereocenters. The molecule has 13 heteroatoms. The number of nitrogens with two attached hydrogens (primary N) is 2. The van der Waals surface area contributed by atoms with Crippen molar-refractivity contribution < 1.29 is 30.8 Å². The Kier molecular flexibility index (Phi) is 7.22. The number of carbonyl (C=O) groups excluding carboxylic acids is 2. The molecule has 3 aromatic rings. The fraction of sp³-hybridized carbons (Fsp3) is 0.182. The van der Waals surface area contributed by atoms with E-state index in [0.29, 0.717) is 0 Å². The first-order valence-electron chi connectivity index (χ1n) is 10.1. The van der Waals surface area contributed by atoms with Crippen LogP contribution in [0.3, 0.4) is 0 Å². The Hall–Kier alpha value is -3.84. The first-order chi connectivity index (χ1) is 16.3. The van der Waals surface area contributed by atoms with Crippen molar-refractivity contribution in [3.05, 3.63) is 83.3 Å². The number of rotatable bonds is 8. The zero-order chi connectivity index (χ0) is 26.0. The average molecular weight is 521 g/mol. The molecule has 4 amide bonds. The van der Waals surface area contributed by atoms with Gasteiger partial charge in [0.2, 0.25) is 19.7 Å². The minimum absolute atomic E-state index is 0.126. The molecule has 35 heavy (non-hydrogen) atoms. The summed E-state index contributed by atoms with van der Waals surface area (Å²) in [4.78, 5) is 23.0. The van der Waals surface area contributed by atoms with Gasteiger partial charge in [0, 0.05) is 0 Å². The van der Waals surface area contributed by atoms with Crippen LogP contribution >= 0.6 is 0 Å². The van der Waals surface area contributed by atoms with E-state index in [1.54, 1.807) is 38.1 Å². The van der Waals surface area contributed by atoms with Crippen LogP contribution in [-0.2, 0) is 19.7 Å². The number of sulfone groups is 2. The second-order valence-electron chi connectivity index (χ2n) is 7.73. The van der Waals surface area contributed by atoms with Gasteiger partial charge < -0.3 is 26.5 Å². The van der Waals surface area contributed by atoms with Crippen LogP contribution < -0.4 is 22.1 Å². The minimum atomic E-state index is -4.26. The van der Waals surface area contributed by atoms with Gasteiger partial charge in [0.05, 0.1) is 9.79 Å². The lowest BCUT2D eigenvalue weighted by molar-refractivity contribution is 0.246. The summed E-state index contributed by atoms with van der Waals surface area (Å²) in [5, 5.41) is 0.689. The summed E-state index contributed by atoms with van der Waals surface area (Å²) in [7, 11) is -8.52. The van der Waals surface area contributed by atoms with Crippen molar-refractivity contribution >= 4 is 31.7 Å². The number of furan rings is 1. The molecule has 186 valence electrons. The van der Waals surface area contributed by atoms with E-state index in [1.807, 2.05) is 0 Å². The molecule has 1 heterocycles. The molecule has 0 saturated heterocycles. The molecule has 0 fully saturated rings. The standard InChI is InChI=1S/C22H24N4O7S2/c1-13-3-7-15(8-4-13)34(29,30)19(25-21(23)27)17-11-12-18(33-17)20(26-22(24)28)35(31,32)16-9-5-14(2)6-10-16/h3-12,19-20H,1-2H3,(H3,23,25,27)(H3,24,26,28). The molecular weight excluding hydrogens is 496 g/mol. The molecule has 0 radical (unpaired) electrons. The molecule has 2 aromatic carbocycles. The molecule has 11 nitrogen and oxygen atoms in total. The normalized spacial score (nSPS) is 13.5. The third-order valence-electron chi connectivity index (χ3n) is 5.03. The van der Waals surface area contributed by atoms with Crippen LogP contribution in [0, 0.1) is 13.8 Å². The van der Waals surface area contributed by atoms with Crippen molar-refractivity contribution in [2.24, 2.45) is 11.5 Å². The summed E-state index contributed by atoms with van der Waals surface area (Å²) in [6.07, 6.45) is 0. The van der Waals surface area contributed by atoms with Gasteiger partial charge in [0.25, 0.3) is 0 Å². The number of carbonyl (C=O) groups is 2. The number of primary amides is 2. The van der Waals surface area contributed by atoms with Gasteiger partial charge in [-0.3, -0.25) is 0 Å². The predicted octanol–water partition coefficient (Wildman–Crippen LogP) is 2.18. The lowest BCUT2D eigenvalue weighted by atomic mass is 10.2. The third kappa shape index (κ3) is 5.63. The van der Waals surface area contributed by atoms with Crippen LogP contribution in [0.4, 0.5) is 9.59 Å². The third-order valence-corrected chi connectivity index (χ3v) is 8.83. The van der Waals surface area contributed by atoms with E-state index in [0.717, 1.165) is 11.1 Å². The monoisotopic (exact) mass is 520 g/mol. The van der Waals surface area contributed by atoms with Crippen molar-refractivity contribution in [2.45, 2.75) is 34.4 Å². The summed E-state index contributed by atoms with van der Waals surface area (Å²) in [5.41, 5.74) is 12.0. The summed E-state index contributed by atoms with van der Waals surface area (Å²) in [5.74, 6) is -0.649. The number of amides is 4. The first kappa shape index (κ1) is 25.8. The molecule has 0 saturated carbocycles. The van der Waals surface area contributed by atoms with E-state index in [1.165, 1.54) is 36.4 Å². The number of hydrogen-bond acceptors (Lipinski definition) is 7. The SMILES string of the molecule is Cc1ccc(S(=O)(=O)C(NC(N)=O)c2ccc(C(NC(N)=O)S(=O)(=O)c3ccc(C)cc3)o2)cc1. The van der Waals surface area contributed by atoms with Crippen LogP contribution in [0.5, 0.6) is 0 Å². The topological polar surface area (TPSA) is 192 Å². The Morgan fingerprint density at radius 3 is 1.26 bits per heavy atom. The Labute approximate surface area is 202 Å². The average Bonchev–Trinajstić information content (AvgIpc) is 3.25. The summed E-state index contributed by atoms with van der Waals surface area (Å²) in [6.45, 7) is 3.55. The summed E-state index contributed by atoms with van der Waals surface area (Å²) < 4.78 is 58.6. The predicted molar refractivity (Wildman–Crippen MR) is 126 cm³/mol. The van der Waals surface area contributed by atoms with Crippen molar-refractivity contribution in [3.8, 4) is 0 Å². The van der Waals surface area contributed by atoms with E-state index < -0.39 is 42.5 Å². The van der Waals surface area contributed by atoms with E-state index >= 15 is 0 Å². The molecule has 0 aliphatic carbocycles. The highest BCUT2D eigenvalue weighted by atomic mass is 32.2. The van der Waals surface area contributed by atoms with Gasteiger partial charge in [-0.2, -0.15) is 0 Å². The Morgan fingerprint density at radius 2 is 0.971 bits per heavy atom. The zero-order valence-electron chi connectivity index (χ0n) is 18.8. The van der Waals surface area contributed by atoms with Crippen LogP contribution in [0.1, 0.15) is 33.4 Å². The van der Waals surface area contributed by atoms with Gasteiger partial charge in [-0.1, -0.05) is 35.4 Å². The molecule has 6 N–H and O–H groups in total. The number of hydrogen-bond donors (Lipinski definition) is 4. The fourth-order valence-corrected chi connectivity index (χ4v) is 6.22. The molecule has 2 unspecified atom stereocenters. The molecular formula is C22H24N4O7S2. The second-order valence-corrected chi connectivity index (χ2v) is 11.8. The Balaban J connectivity index is 2.08. The molecule has 1 aromatic heterocycles. The van der Waals surface area contributed by atoms with Gasteiger partial charge in [0.1, 0.15) is 11.5 Å². The van der Waals surface area contributed by atoms with E-state index in [-0.39, 0.29) is 21.3 Å². The quantitative estimate of drug-likeness (QED) is 0.349. The highest BCUT2D eigenvalue weighted by molar-refractivity contribution is 7.92. The van der Waals surface area contributed by atoms with Gasteiger partial charge in [-0.25, -0.2) is 26.4 Å². The number of nitrogens with one attached hydrogen (secondary N) is 2. The minimum Gasteiger partial charge on any atom is -0.459 e. The highest BCUT2D eigenvalue weighted by Gasteiger charge is 2.37. The van der Waals surface area contributed by atoms with Crippen LogP contribution in [0.25, 0.3) is 0 Å². The maximum atomic E-state index is 13.2. The fourth-order valence-electron chi connectivity index (χ4n) is 3.24. The van der Waals surface area contributed by atoms with Crippen LogP contribution in [0.15, 0.2) is 74.9 Å². The van der Waals surface area contributed by atoms with Crippen molar-refractivity contribution in [3.63, 3.8) is 0 Å². The molecule has 3 rings (SSSR count). The van der Waals surface area contributed by atoms with E-state index in [4.69, 9.17) is 15.9 Å². The van der Waals surface area contributed by atoms with Crippen molar-refractivity contribution in [1.29, 1.82) is 0 Å². The number of aryl methyl sites for hydroxylation is 2. The Bertz CT molecular complexity index is 1340. The molecule has 0 bridgehead atoms. The smallest absolute Gasteiger partial charge is 0.313 e. The summed E-state index contributed by atoms with van der Waals surface area (Å²) >= 11 is 0. The van der Waals surface area contributed by atoms with Gasteiger partial charge in [-0.15, -0.1) is 0 Å². The lowest BCUT2D eigenvalue weighted by Crippen LogP contribution is -2.38. The lowest BCUT2D eigenvalue weighted by Gasteiger charge is -2.18. The van der Waals surface area contributed by atoms with E-state index in [2.05, 4.69) is 10.6 Å². The van der Waals surface area contributed by atoms with Gasteiger partial charge >= 0.3 is 12.1 Å². The highest BCUT2D eigenvalue weighted by Crippen LogP contribution is 2.33. The van der Waals surface area contributed by atoms with Gasteiger partial charge in [0.15, 0.2) is 10.7 Å². The first-order valence-corrected chi connectivity index (χ1v) is 13.2. The maximum Gasteiger partial charge on any atom is 0.313 e. The van der Waals surface area contributed by atoms with Gasteiger partial charge in [-0.05, 0) is 50.2 Å². The summed E-state index contributed by atoms with van der Waals surface area (Å²) in [6, 6.07) is 11.7. The van der Waals surface area contributed by atoms with E-state index in [9.17, 15) is 26.4 Å². The van der Waals surface area contributed by atoms with Crippen LogP contribution in [-0.4, -0.2) is 28.9 Å². The maximum absolute atomic E-state index is 13.2. The Morgan fingerprint density at radius 1 is 0.657 bits per heavy atom. The molecule has 0 aliphatic rings. The van der Waals surface area contributed by atoms with Crippen LogP contribution in [0.2, 0.25) is 0 Å². The number of urea groups is 2. The zero-order valence-corrected chi connectivity index (χ0v) is 20.4. The van der Waals surface area contributed by atoms with Crippen molar-refractivity contribution in [1.82, 2.24) is 10.6 Å². The van der Waals surface area contributed by atoms with Crippen molar-refractivity contribution in [2.75, 3.05) is 0 Å². The second kappa shape index (κ2) is 9.80.